The second-order valence-corrected chi connectivity index (χ2v) is 4.90. The van der Waals surface area contributed by atoms with E-state index in [1.165, 1.54) is 12.5 Å². The van der Waals surface area contributed by atoms with E-state index in [9.17, 15) is 14.4 Å². The van der Waals surface area contributed by atoms with Gasteiger partial charge in [-0.25, -0.2) is 14.6 Å². The van der Waals surface area contributed by atoms with Gasteiger partial charge < -0.3 is 9.47 Å². The Kier molecular flexibility index (Phi) is 5.21. The summed E-state index contributed by atoms with van der Waals surface area (Å²) >= 11 is 1.00. The molecule has 0 atom stereocenters. The molecule has 0 unspecified atom stereocenters. The zero-order chi connectivity index (χ0) is 15.9. The van der Waals surface area contributed by atoms with E-state index in [-0.39, 0.29) is 17.4 Å². The molecule has 0 aliphatic rings. The van der Waals surface area contributed by atoms with Gasteiger partial charge in [0.05, 0.1) is 7.11 Å². The van der Waals surface area contributed by atoms with Crippen molar-refractivity contribution in [3.05, 3.63) is 47.0 Å². The molecule has 1 aromatic carbocycles. The van der Waals surface area contributed by atoms with Gasteiger partial charge in [-0.15, -0.1) is 11.3 Å². The molecule has 2 aromatic rings. The molecule has 0 aliphatic carbocycles. The monoisotopic (exact) mass is 320 g/mol. The lowest BCUT2D eigenvalue weighted by Crippen LogP contribution is -2.18. The van der Waals surface area contributed by atoms with E-state index in [1.807, 2.05) is 6.07 Å². The normalized spacial score (nSPS) is 9.86. The lowest BCUT2D eigenvalue weighted by atomic mass is 10.2. The molecule has 0 saturated heterocycles. The van der Waals surface area contributed by atoms with Crippen molar-refractivity contribution in [1.29, 1.82) is 0 Å². The lowest BCUT2D eigenvalue weighted by Gasteiger charge is -2.02. The van der Waals surface area contributed by atoms with Crippen LogP contribution < -0.4 is 5.32 Å². The summed E-state index contributed by atoms with van der Waals surface area (Å²) in [5.74, 6) is -1.87. The van der Waals surface area contributed by atoms with Crippen LogP contribution in [0.15, 0.2) is 35.7 Å². The first kappa shape index (κ1) is 15.6. The van der Waals surface area contributed by atoms with Gasteiger partial charge in [-0.2, -0.15) is 0 Å². The maximum atomic E-state index is 11.9. The Labute approximate surface area is 129 Å². The molecule has 0 aliphatic heterocycles. The number of anilines is 1. The molecule has 0 radical (unpaired) electrons. The minimum absolute atomic E-state index is 0.00280. The number of nitrogens with zero attached hydrogens (tertiary/aromatic N) is 1. The molecule has 1 aromatic heterocycles. The lowest BCUT2D eigenvalue weighted by molar-refractivity contribution is -0.139. The Bertz CT molecular complexity index is 684. The molecule has 22 heavy (non-hydrogen) atoms. The number of thiazole rings is 1. The Morgan fingerprint density at radius 2 is 1.95 bits per heavy atom. The van der Waals surface area contributed by atoms with Gasteiger partial charge in [0.1, 0.15) is 12.3 Å². The highest BCUT2D eigenvalue weighted by atomic mass is 32.1. The summed E-state index contributed by atoms with van der Waals surface area (Å²) in [5.41, 5.74) is 0.685. The number of amides is 1. The number of hydrogen-bond acceptors (Lipinski definition) is 7. The quantitative estimate of drug-likeness (QED) is 0.516. The van der Waals surface area contributed by atoms with Crippen LogP contribution in [-0.4, -0.2) is 29.9 Å². The zero-order valence-corrected chi connectivity index (χ0v) is 12.4. The number of Topliss-reactive ketones (excluding diaryl/α,β-unsaturated/α-hetero) is 1. The third-order valence-electron chi connectivity index (χ3n) is 2.53. The summed E-state index contributed by atoms with van der Waals surface area (Å²) in [5, 5.41) is 3.82. The number of methoxy groups -OCH3 is 1. The molecule has 0 spiro atoms. The van der Waals surface area contributed by atoms with Crippen molar-refractivity contribution >= 4 is 34.3 Å². The highest BCUT2D eigenvalue weighted by Gasteiger charge is 2.21. The average molecular weight is 320 g/mol. The van der Waals surface area contributed by atoms with Crippen LogP contribution >= 0.6 is 11.3 Å². The van der Waals surface area contributed by atoms with Crippen LogP contribution in [0, 0.1) is 0 Å². The zero-order valence-electron chi connectivity index (χ0n) is 11.6. The van der Waals surface area contributed by atoms with Crippen molar-refractivity contribution in [2.45, 2.75) is 6.61 Å². The minimum atomic E-state index is -1.00. The van der Waals surface area contributed by atoms with E-state index >= 15 is 0 Å². The Hall–Kier alpha value is -2.74. The minimum Gasteiger partial charge on any atom is -0.455 e. The number of aromatic nitrogens is 1. The van der Waals surface area contributed by atoms with E-state index in [2.05, 4.69) is 15.0 Å². The molecule has 1 heterocycles. The third-order valence-corrected chi connectivity index (χ3v) is 3.29. The van der Waals surface area contributed by atoms with Crippen LogP contribution in [0.2, 0.25) is 0 Å². The molecule has 0 saturated carbocycles. The number of carbonyl (C=O) groups excluding carboxylic acids is 3. The SMILES string of the molecule is COC(=O)Nc1nc(C(=O)C(=O)OCc2ccccc2)cs1. The number of ether oxygens (including phenoxy) is 2. The molecule has 0 fully saturated rings. The molecule has 1 N–H and O–H groups in total. The van der Waals surface area contributed by atoms with E-state index in [4.69, 9.17) is 4.74 Å². The van der Waals surface area contributed by atoms with Crippen molar-refractivity contribution in [1.82, 2.24) is 4.98 Å². The standard InChI is InChI=1S/C14H12N2O5S/c1-20-14(19)16-13-15-10(8-22-13)11(17)12(18)21-7-9-5-3-2-4-6-9/h2-6,8H,7H2,1H3,(H,15,16,19). The largest absolute Gasteiger partial charge is 0.455 e. The second-order valence-electron chi connectivity index (χ2n) is 4.05. The summed E-state index contributed by atoms with van der Waals surface area (Å²) < 4.78 is 9.32. The molecular weight excluding hydrogens is 308 g/mol. The number of ketones is 1. The van der Waals surface area contributed by atoms with Gasteiger partial charge in [-0.05, 0) is 5.56 Å². The van der Waals surface area contributed by atoms with Crippen molar-refractivity contribution in [2.75, 3.05) is 12.4 Å². The van der Waals surface area contributed by atoms with E-state index < -0.39 is 17.8 Å². The first-order valence-electron chi connectivity index (χ1n) is 6.16. The maximum absolute atomic E-state index is 11.9. The van der Waals surface area contributed by atoms with Crippen LogP contribution in [-0.2, 0) is 20.9 Å². The highest BCUT2D eigenvalue weighted by Crippen LogP contribution is 2.16. The first-order chi connectivity index (χ1) is 10.6. The number of carbonyl (C=O) groups is 3. The number of nitrogens with one attached hydrogen (secondary N) is 1. The van der Waals surface area contributed by atoms with E-state index in [0.29, 0.717) is 0 Å². The summed E-state index contributed by atoms with van der Waals surface area (Å²) in [6, 6.07) is 8.99. The van der Waals surface area contributed by atoms with E-state index in [0.717, 1.165) is 16.9 Å². The number of hydrogen-bond donors (Lipinski definition) is 1. The molecule has 0 bridgehead atoms. The van der Waals surface area contributed by atoms with Crippen molar-refractivity contribution in [3.63, 3.8) is 0 Å². The van der Waals surface area contributed by atoms with E-state index in [1.54, 1.807) is 24.3 Å². The van der Waals surface area contributed by atoms with Crippen molar-refractivity contribution in [3.8, 4) is 0 Å². The topological polar surface area (TPSA) is 94.6 Å². The van der Waals surface area contributed by atoms with Gasteiger partial charge in [0.2, 0.25) is 0 Å². The predicted molar refractivity (Wildman–Crippen MR) is 78.7 cm³/mol. The van der Waals surface area contributed by atoms with Crippen LogP contribution in [0.4, 0.5) is 9.93 Å². The molecule has 8 heteroatoms. The fourth-order valence-electron chi connectivity index (χ4n) is 1.47. The van der Waals surface area contributed by atoms with Crippen molar-refractivity contribution < 1.29 is 23.9 Å². The average Bonchev–Trinajstić information content (AvgIpc) is 3.01. The highest BCUT2D eigenvalue weighted by molar-refractivity contribution is 7.14. The van der Waals surface area contributed by atoms with Crippen LogP contribution in [0.5, 0.6) is 0 Å². The van der Waals surface area contributed by atoms with Crippen molar-refractivity contribution in [2.24, 2.45) is 0 Å². The molecule has 1 amide bonds. The summed E-state index contributed by atoms with van der Waals surface area (Å²) in [4.78, 5) is 38.4. The Morgan fingerprint density at radius 3 is 2.64 bits per heavy atom. The fourth-order valence-corrected chi connectivity index (χ4v) is 2.14. The van der Waals surface area contributed by atoms with Gasteiger partial charge in [0, 0.05) is 5.38 Å². The first-order valence-corrected chi connectivity index (χ1v) is 7.04. The molecule has 7 nitrogen and oxygen atoms in total. The van der Waals surface area contributed by atoms with Crippen LogP contribution in [0.3, 0.4) is 0 Å². The molecule has 114 valence electrons. The van der Waals surface area contributed by atoms with Gasteiger partial charge >= 0.3 is 12.1 Å². The molecular formula is C14H12N2O5S. The Morgan fingerprint density at radius 1 is 1.23 bits per heavy atom. The summed E-state index contributed by atoms with van der Waals surface area (Å²) in [7, 11) is 1.20. The maximum Gasteiger partial charge on any atom is 0.413 e. The van der Waals surface area contributed by atoms with Gasteiger partial charge in [0.25, 0.3) is 5.78 Å². The smallest absolute Gasteiger partial charge is 0.413 e. The van der Waals surface area contributed by atoms with Crippen LogP contribution in [0.25, 0.3) is 0 Å². The predicted octanol–water partition coefficient (Wildman–Crippen LogP) is 2.25. The number of benzene rings is 1. The number of rotatable bonds is 5. The van der Waals surface area contributed by atoms with Gasteiger partial charge in [-0.3, -0.25) is 10.1 Å². The van der Waals surface area contributed by atoms with Crippen LogP contribution in [0.1, 0.15) is 16.1 Å². The van der Waals surface area contributed by atoms with Gasteiger partial charge in [-0.1, -0.05) is 30.3 Å². The van der Waals surface area contributed by atoms with Gasteiger partial charge in [0.15, 0.2) is 5.13 Å². The summed E-state index contributed by atoms with van der Waals surface area (Å²) in [6.07, 6.45) is -0.708. The Balaban J connectivity index is 1.93. The second kappa shape index (κ2) is 7.32. The fraction of sp³-hybridized carbons (Fsp3) is 0.143. The summed E-state index contributed by atoms with van der Waals surface area (Å²) in [6.45, 7) is 0.00280. The third kappa shape index (κ3) is 4.13. The number of esters is 1. The molecule has 2 rings (SSSR count).